The van der Waals surface area contributed by atoms with E-state index in [1.807, 2.05) is 53.1 Å². The quantitative estimate of drug-likeness (QED) is 0.392. The molecular weight excluding hydrogens is 509 g/mol. The van der Waals surface area contributed by atoms with Crippen molar-refractivity contribution in [2.45, 2.75) is 44.4 Å². The summed E-state index contributed by atoms with van der Waals surface area (Å²) in [5.41, 5.74) is 2.96. The largest absolute Gasteiger partial charge is 0.333 e. The molecule has 4 aromatic rings. The zero-order valence-corrected chi connectivity index (χ0v) is 22.1. The average molecular weight is 536 g/mol. The van der Waals surface area contributed by atoms with E-state index in [1.165, 1.54) is 0 Å². The van der Waals surface area contributed by atoms with Gasteiger partial charge in [0.1, 0.15) is 35.1 Å². The van der Waals surface area contributed by atoms with Crippen LogP contribution in [0, 0.1) is 0 Å². The third-order valence-electron chi connectivity index (χ3n) is 7.38. The van der Waals surface area contributed by atoms with Gasteiger partial charge in [0.2, 0.25) is 5.91 Å². The molecule has 2 aromatic heterocycles. The van der Waals surface area contributed by atoms with Crippen molar-refractivity contribution in [3.05, 3.63) is 70.6 Å². The second kappa shape index (κ2) is 9.36. The Labute approximate surface area is 225 Å². The average Bonchev–Trinajstić information content (AvgIpc) is 3.41. The highest BCUT2D eigenvalue weighted by molar-refractivity contribution is 6.33. The summed E-state index contributed by atoms with van der Waals surface area (Å²) in [6.07, 6.45) is 2.60. The Hall–Kier alpha value is -3.04. The number of nitrogens with one attached hydrogen (secondary N) is 2. The van der Waals surface area contributed by atoms with Crippen molar-refractivity contribution < 1.29 is 4.79 Å². The molecule has 6 rings (SSSR count). The minimum absolute atomic E-state index is 0.0444. The second-order valence-electron chi connectivity index (χ2n) is 9.82. The van der Waals surface area contributed by atoms with E-state index in [0.29, 0.717) is 32.7 Å². The lowest BCUT2D eigenvalue weighted by atomic mass is 9.86. The molecule has 4 heterocycles. The highest BCUT2D eigenvalue weighted by atomic mass is 35.5. The maximum atomic E-state index is 13.5. The molecule has 2 N–H and O–H groups in total. The summed E-state index contributed by atoms with van der Waals surface area (Å²) in [5, 5.41) is 7.86. The van der Waals surface area contributed by atoms with Crippen molar-refractivity contribution >= 4 is 40.3 Å². The Morgan fingerprint density at radius 3 is 2.46 bits per heavy atom. The van der Waals surface area contributed by atoms with Gasteiger partial charge in [-0.1, -0.05) is 35.3 Å². The fraction of sp³-hybridized carbons (Fsp3) is 0.333. The molecule has 0 aliphatic carbocycles. The topological polar surface area (TPSA) is 88.0 Å². The molecule has 1 amide bonds. The molecule has 8 nitrogen and oxygen atoms in total. The van der Waals surface area contributed by atoms with Crippen molar-refractivity contribution in [3.8, 4) is 17.1 Å². The lowest BCUT2D eigenvalue weighted by molar-refractivity contribution is -0.128. The minimum Gasteiger partial charge on any atom is -0.333 e. The van der Waals surface area contributed by atoms with Crippen molar-refractivity contribution in [1.29, 1.82) is 0 Å². The number of carbonyl (C=O) groups excluding carboxylic acids is 1. The van der Waals surface area contributed by atoms with E-state index < -0.39 is 11.7 Å². The first-order valence-corrected chi connectivity index (χ1v) is 13.2. The predicted molar refractivity (Wildman–Crippen MR) is 145 cm³/mol. The minimum atomic E-state index is -0.578. The van der Waals surface area contributed by atoms with Gasteiger partial charge in [0.05, 0.1) is 5.02 Å². The molecule has 10 heteroatoms. The van der Waals surface area contributed by atoms with Crippen molar-refractivity contribution in [1.82, 2.24) is 35.1 Å². The van der Waals surface area contributed by atoms with E-state index in [9.17, 15) is 4.79 Å². The number of benzene rings is 2. The zero-order valence-electron chi connectivity index (χ0n) is 20.6. The van der Waals surface area contributed by atoms with Crippen molar-refractivity contribution in [2.24, 2.45) is 0 Å². The number of carbonyl (C=O) groups is 1. The summed E-state index contributed by atoms with van der Waals surface area (Å²) < 4.78 is 1.97. The smallest absolute Gasteiger partial charge is 0.242 e. The number of piperidine rings is 1. The first-order valence-electron chi connectivity index (χ1n) is 12.4. The molecule has 2 fully saturated rings. The Balaban J connectivity index is 1.58. The number of rotatable bonds is 4. The molecule has 0 radical (unpaired) electrons. The van der Waals surface area contributed by atoms with Gasteiger partial charge < -0.3 is 10.6 Å². The summed E-state index contributed by atoms with van der Waals surface area (Å²) >= 11 is 12.8. The van der Waals surface area contributed by atoms with Gasteiger partial charge in [0, 0.05) is 22.3 Å². The van der Waals surface area contributed by atoms with E-state index in [0.717, 1.165) is 37.2 Å². The molecule has 2 saturated heterocycles. The first kappa shape index (κ1) is 24.3. The van der Waals surface area contributed by atoms with Crippen LogP contribution in [0.4, 0.5) is 0 Å². The van der Waals surface area contributed by atoms with Crippen molar-refractivity contribution in [2.75, 3.05) is 13.1 Å². The Kier molecular flexibility index (Phi) is 6.15. The van der Waals surface area contributed by atoms with Gasteiger partial charge in [-0.3, -0.25) is 14.3 Å². The van der Waals surface area contributed by atoms with Crippen LogP contribution in [0.1, 0.15) is 38.5 Å². The summed E-state index contributed by atoms with van der Waals surface area (Å²) in [4.78, 5) is 30.2. The van der Waals surface area contributed by atoms with Gasteiger partial charge in [-0.2, -0.15) is 0 Å². The van der Waals surface area contributed by atoms with Gasteiger partial charge in [0.25, 0.3) is 0 Å². The molecule has 0 saturated carbocycles. The predicted octanol–water partition coefficient (Wildman–Crippen LogP) is 4.75. The first-order chi connectivity index (χ1) is 17.9. The highest BCUT2D eigenvalue weighted by Gasteiger charge is 2.55. The number of amides is 1. The molecular formula is C27H27Cl2N7O. The van der Waals surface area contributed by atoms with Crippen LogP contribution < -0.4 is 10.6 Å². The van der Waals surface area contributed by atoms with Crippen LogP contribution in [-0.4, -0.2) is 55.0 Å². The molecule has 0 bridgehead atoms. The Morgan fingerprint density at radius 1 is 1.03 bits per heavy atom. The molecule has 2 aliphatic heterocycles. The zero-order chi connectivity index (χ0) is 25.7. The van der Waals surface area contributed by atoms with Gasteiger partial charge in [0.15, 0.2) is 5.65 Å². The van der Waals surface area contributed by atoms with Crippen LogP contribution in [0.25, 0.3) is 28.2 Å². The lowest BCUT2D eigenvalue weighted by Crippen LogP contribution is -2.57. The number of imidazole rings is 1. The van der Waals surface area contributed by atoms with E-state index in [-0.39, 0.29) is 11.9 Å². The van der Waals surface area contributed by atoms with Gasteiger partial charge in [-0.25, -0.2) is 15.0 Å². The van der Waals surface area contributed by atoms with Crippen molar-refractivity contribution in [3.63, 3.8) is 0 Å². The highest BCUT2D eigenvalue weighted by Crippen LogP contribution is 2.42. The number of nitrogens with zero attached hydrogens (tertiary/aromatic N) is 5. The number of aromatic nitrogens is 4. The molecule has 190 valence electrons. The number of fused-ring (bicyclic) bond motifs is 1. The van der Waals surface area contributed by atoms with E-state index >= 15 is 0 Å². The van der Waals surface area contributed by atoms with Crippen LogP contribution in [-0.2, 0) is 4.79 Å². The maximum absolute atomic E-state index is 13.5. The number of halogens is 2. The summed E-state index contributed by atoms with van der Waals surface area (Å²) in [5.74, 6) is 0.685. The maximum Gasteiger partial charge on any atom is 0.242 e. The van der Waals surface area contributed by atoms with Gasteiger partial charge in [-0.15, -0.1) is 0 Å². The SMILES string of the molecule is CC(C)N1C(c2ncnc3c2nc(-c2ccccc2Cl)n3-c2ccc(Cl)cc2)NC(=O)C12CCNCC2. The summed E-state index contributed by atoms with van der Waals surface area (Å²) in [6.45, 7) is 5.84. The molecule has 1 unspecified atom stereocenters. The van der Waals surface area contributed by atoms with Crippen LogP contribution >= 0.6 is 23.2 Å². The van der Waals surface area contributed by atoms with Crippen LogP contribution in [0.2, 0.25) is 10.0 Å². The molecule has 1 atom stereocenters. The molecule has 37 heavy (non-hydrogen) atoms. The molecule has 2 aromatic carbocycles. The Bertz CT molecular complexity index is 1480. The fourth-order valence-corrected chi connectivity index (χ4v) is 6.12. The monoisotopic (exact) mass is 535 g/mol. The normalized spacial score (nSPS) is 19.7. The number of hydrogen-bond donors (Lipinski definition) is 2. The second-order valence-corrected chi connectivity index (χ2v) is 10.7. The standard InChI is InChI=1S/C27H27Cl2N7O/c1-16(2)36-25(34-26(37)27(36)11-13-30-14-12-27)21-22-24(32-15-31-21)35(18-9-7-17(28)8-10-18)23(33-22)19-5-3-4-6-20(19)29/h3-10,15-16,25,30H,11-14H2,1-2H3,(H,34,37). The van der Waals surface area contributed by atoms with Crippen LogP contribution in [0.3, 0.4) is 0 Å². The summed E-state index contributed by atoms with van der Waals surface area (Å²) in [6, 6.07) is 15.2. The van der Waals surface area contributed by atoms with Gasteiger partial charge >= 0.3 is 0 Å². The van der Waals surface area contributed by atoms with Crippen LogP contribution in [0.5, 0.6) is 0 Å². The third-order valence-corrected chi connectivity index (χ3v) is 7.96. The van der Waals surface area contributed by atoms with E-state index in [1.54, 1.807) is 6.33 Å². The van der Waals surface area contributed by atoms with E-state index in [4.69, 9.17) is 33.2 Å². The number of hydrogen-bond acceptors (Lipinski definition) is 6. The summed E-state index contributed by atoms with van der Waals surface area (Å²) in [7, 11) is 0. The van der Waals surface area contributed by atoms with E-state index in [2.05, 4.69) is 34.4 Å². The molecule has 1 spiro atoms. The van der Waals surface area contributed by atoms with Crippen LogP contribution in [0.15, 0.2) is 54.9 Å². The lowest BCUT2D eigenvalue weighted by Gasteiger charge is -2.42. The van der Waals surface area contributed by atoms with Gasteiger partial charge in [-0.05, 0) is 76.2 Å². The molecule has 2 aliphatic rings. The Morgan fingerprint density at radius 2 is 1.76 bits per heavy atom. The third kappa shape index (κ3) is 3.90. The fourth-order valence-electron chi connectivity index (χ4n) is 5.78.